The van der Waals surface area contributed by atoms with Crippen LogP contribution in [0.4, 0.5) is 5.69 Å². The Morgan fingerprint density at radius 3 is 2.79 bits per heavy atom. The molecule has 0 aliphatic carbocycles. The summed E-state index contributed by atoms with van der Waals surface area (Å²) in [6.07, 6.45) is 0.403. The Kier molecular flexibility index (Phi) is 3.28. The number of oxazole rings is 1. The molecule has 0 spiro atoms. The molecule has 2 rings (SSSR count). The zero-order valence-corrected chi connectivity index (χ0v) is 9.99. The van der Waals surface area contributed by atoms with Crippen molar-refractivity contribution in [3.05, 3.63) is 45.8 Å². The third-order valence-electron chi connectivity index (χ3n) is 2.53. The number of nitro benzene ring substituents is 1. The fourth-order valence-corrected chi connectivity index (χ4v) is 1.63. The molecule has 0 atom stereocenters. The van der Waals surface area contributed by atoms with Crippen LogP contribution in [-0.4, -0.2) is 21.0 Å². The van der Waals surface area contributed by atoms with Gasteiger partial charge in [-0.3, -0.25) is 10.1 Å². The third kappa shape index (κ3) is 2.44. The van der Waals surface area contributed by atoms with Gasteiger partial charge in [0.1, 0.15) is 0 Å². The first-order valence-corrected chi connectivity index (χ1v) is 5.50. The summed E-state index contributed by atoms with van der Waals surface area (Å²) in [5.41, 5.74) is 0.580. The first-order chi connectivity index (χ1) is 9.02. The van der Waals surface area contributed by atoms with Crippen molar-refractivity contribution in [3.8, 4) is 11.5 Å². The Morgan fingerprint density at radius 2 is 2.26 bits per heavy atom. The molecule has 1 N–H and O–H groups in total. The van der Waals surface area contributed by atoms with Gasteiger partial charge < -0.3 is 9.52 Å². The maximum atomic E-state index is 11.0. The summed E-state index contributed by atoms with van der Waals surface area (Å²) in [7, 11) is 0. The number of hydrogen-bond donors (Lipinski definition) is 1. The summed E-state index contributed by atoms with van der Waals surface area (Å²) in [5.74, 6) is -1.37. The summed E-state index contributed by atoms with van der Waals surface area (Å²) in [6, 6.07) is 5.69. The number of aromatic nitrogens is 1. The SMILES string of the molecule is CCc1nc(-c2cccc([N+](=O)[O-])c2)oc1C(=O)O. The molecule has 0 saturated heterocycles. The van der Waals surface area contributed by atoms with Gasteiger partial charge in [-0.1, -0.05) is 13.0 Å². The van der Waals surface area contributed by atoms with E-state index in [0.717, 1.165) is 0 Å². The summed E-state index contributed by atoms with van der Waals surface area (Å²) in [4.78, 5) is 25.2. The molecule has 0 aliphatic rings. The molecule has 1 aromatic carbocycles. The van der Waals surface area contributed by atoms with Crippen LogP contribution in [0.25, 0.3) is 11.5 Å². The summed E-state index contributed by atoms with van der Waals surface area (Å²) in [6.45, 7) is 1.75. The number of aromatic carboxylic acids is 1. The molecule has 1 aromatic heterocycles. The van der Waals surface area contributed by atoms with E-state index >= 15 is 0 Å². The molecule has 19 heavy (non-hydrogen) atoms. The van der Waals surface area contributed by atoms with E-state index in [2.05, 4.69) is 4.98 Å². The van der Waals surface area contributed by atoms with Crippen molar-refractivity contribution in [3.63, 3.8) is 0 Å². The number of nitrogens with zero attached hydrogens (tertiary/aromatic N) is 2. The normalized spacial score (nSPS) is 10.4. The zero-order chi connectivity index (χ0) is 14.0. The van der Waals surface area contributed by atoms with Crippen LogP contribution >= 0.6 is 0 Å². The van der Waals surface area contributed by atoms with Crippen molar-refractivity contribution in [1.29, 1.82) is 0 Å². The van der Waals surface area contributed by atoms with E-state index in [1.165, 1.54) is 18.2 Å². The van der Waals surface area contributed by atoms with Crippen molar-refractivity contribution < 1.29 is 19.2 Å². The predicted molar refractivity (Wildman–Crippen MR) is 64.9 cm³/mol. The van der Waals surface area contributed by atoms with Crippen molar-refractivity contribution in [2.45, 2.75) is 13.3 Å². The van der Waals surface area contributed by atoms with Gasteiger partial charge in [-0.15, -0.1) is 0 Å². The molecule has 0 amide bonds. The van der Waals surface area contributed by atoms with Gasteiger partial charge in [-0.05, 0) is 12.5 Å². The lowest BCUT2D eigenvalue weighted by molar-refractivity contribution is -0.384. The zero-order valence-electron chi connectivity index (χ0n) is 9.99. The van der Waals surface area contributed by atoms with E-state index in [9.17, 15) is 14.9 Å². The Morgan fingerprint density at radius 1 is 1.53 bits per heavy atom. The van der Waals surface area contributed by atoms with Gasteiger partial charge in [-0.2, -0.15) is 0 Å². The van der Waals surface area contributed by atoms with Gasteiger partial charge >= 0.3 is 5.97 Å². The number of benzene rings is 1. The molecule has 0 saturated carbocycles. The average Bonchev–Trinajstić information content (AvgIpc) is 2.83. The van der Waals surface area contributed by atoms with Gasteiger partial charge in [0.15, 0.2) is 0 Å². The molecule has 0 unspecified atom stereocenters. The molecule has 2 aromatic rings. The number of rotatable bonds is 4. The lowest BCUT2D eigenvalue weighted by atomic mass is 10.2. The van der Waals surface area contributed by atoms with Gasteiger partial charge in [0, 0.05) is 17.7 Å². The number of nitro groups is 1. The molecule has 0 aliphatic heterocycles. The van der Waals surface area contributed by atoms with Crippen LogP contribution in [0.2, 0.25) is 0 Å². The first kappa shape index (κ1) is 12.7. The highest BCUT2D eigenvalue weighted by Crippen LogP contribution is 2.25. The van der Waals surface area contributed by atoms with E-state index in [0.29, 0.717) is 17.7 Å². The number of carboxylic acids is 1. The monoisotopic (exact) mass is 262 g/mol. The second-order valence-corrected chi connectivity index (χ2v) is 3.76. The van der Waals surface area contributed by atoms with Crippen LogP contribution < -0.4 is 0 Å². The quantitative estimate of drug-likeness (QED) is 0.670. The Balaban J connectivity index is 2.50. The Labute approximate surface area is 107 Å². The highest BCUT2D eigenvalue weighted by atomic mass is 16.6. The minimum Gasteiger partial charge on any atom is -0.475 e. The summed E-state index contributed by atoms with van der Waals surface area (Å²) < 4.78 is 5.15. The molecule has 0 bridgehead atoms. The van der Waals surface area contributed by atoms with E-state index in [4.69, 9.17) is 9.52 Å². The number of carboxylic acid groups (broad SMARTS) is 1. The number of non-ortho nitro benzene ring substituents is 1. The second-order valence-electron chi connectivity index (χ2n) is 3.76. The molecule has 0 radical (unpaired) electrons. The van der Waals surface area contributed by atoms with Gasteiger partial charge in [0.25, 0.3) is 5.69 Å². The van der Waals surface area contributed by atoms with Gasteiger partial charge in [-0.25, -0.2) is 9.78 Å². The van der Waals surface area contributed by atoms with E-state index in [1.807, 2.05) is 0 Å². The minimum absolute atomic E-state index is 0.0675. The fraction of sp³-hybridized carbons (Fsp3) is 0.167. The van der Waals surface area contributed by atoms with Crippen LogP contribution in [0.3, 0.4) is 0 Å². The molecule has 1 heterocycles. The highest BCUT2D eigenvalue weighted by molar-refractivity contribution is 5.86. The second kappa shape index (κ2) is 4.89. The van der Waals surface area contributed by atoms with Crippen molar-refractivity contribution >= 4 is 11.7 Å². The standard InChI is InChI=1S/C12H10N2O5/c1-2-9-10(12(15)16)19-11(13-9)7-4-3-5-8(6-7)14(17)18/h3-6H,2H2,1H3,(H,15,16). The van der Waals surface area contributed by atoms with E-state index < -0.39 is 10.9 Å². The summed E-state index contributed by atoms with van der Waals surface area (Å²) >= 11 is 0. The Hall–Kier alpha value is -2.70. The van der Waals surface area contributed by atoms with Crippen LogP contribution in [0.1, 0.15) is 23.2 Å². The van der Waals surface area contributed by atoms with Crippen molar-refractivity contribution in [2.24, 2.45) is 0 Å². The minimum atomic E-state index is -1.21. The number of carbonyl (C=O) groups is 1. The molecule has 98 valence electrons. The smallest absolute Gasteiger partial charge is 0.373 e. The first-order valence-electron chi connectivity index (χ1n) is 5.50. The summed E-state index contributed by atoms with van der Waals surface area (Å²) in [5, 5.41) is 19.6. The number of aryl methyl sites for hydroxylation is 1. The lowest BCUT2D eigenvalue weighted by Gasteiger charge is -1.95. The largest absolute Gasteiger partial charge is 0.475 e. The molecular weight excluding hydrogens is 252 g/mol. The number of hydrogen-bond acceptors (Lipinski definition) is 5. The van der Waals surface area contributed by atoms with Crippen molar-refractivity contribution in [1.82, 2.24) is 4.98 Å². The molecule has 7 heteroatoms. The van der Waals surface area contributed by atoms with E-state index in [-0.39, 0.29) is 17.3 Å². The highest BCUT2D eigenvalue weighted by Gasteiger charge is 2.20. The average molecular weight is 262 g/mol. The van der Waals surface area contributed by atoms with Gasteiger partial charge in [0.05, 0.1) is 10.6 Å². The molecular formula is C12H10N2O5. The van der Waals surface area contributed by atoms with Crippen LogP contribution in [0, 0.1) is 10.1 Å². The van der Waals surface area contributed by atoms with Crippen LogP contribution in [0.5, 0.6) is 0 Å². The van der Waals surface area contributed by atoms with Crippen molar-refractivity contribution in [2.75, 3.05) is 0 Å². The lowest BCUT2D eigenvalue weighted by Crippen LogP contribution is -1.98. The topological polar surface area (TPSA) is 106 Å². The maximum absolute atomic E-state index is 11.0. The third-order valence-corrected chi connectivity index (χ3v) is 2.53. The van der Waals surface area contributed by atoms with Crippen LogP contribution in [-0.2, 0) is 6.42 Å². The predicted octanol–water partition coefficient (Wildman–Crippen LogP) is 2.51. The molecule has 7 nitrogen and oxygen atoms in total. The molecule has 0 fully saturated rings. The van der Waals surface area contributed by atoms with Crippen LogP contribution in [0.15, 0.2) is 28.7 Å². The van der Waals surface area contributed by atoms with E-state index in [1.54, 1.807) is 13.0 Å². The fourth-order valence-electron chi connectivity index (χ4n) is 1.63. The maximum Gasteiger partial charge on any atom is 0.373 e. The van der Waals surface area contributed by atoms with Gasteiger partial charge in [0.2, 0.25) is 11.7 Å². The Bertz CT molecular complexity index is 647.